The summed E-state index contributed by atoms with van der Waals surface area (Å²) in [5, 5.41) is 1.95. The van der Waals surface area contributed by atoms with Crippen molar-refractivity contribution in [2.24, 2.45) is 0 Å². The molecular formula is C25H20FN3O5S. The number of thioether (sulfide) groups is 1. The smallest absolute Gasteiger partial charge is 0.294 e. The van der Waals surface area contributed by atoms with Gasteiger partial charge in [0.05, 0.1) is 4.91 Å². The summed E-state index contributed by atoms with van der Waals surface area (Å²) in [6, 6.07) is 12.9. The highest BCUT2D eigenvalue weighted by atomic mass is 32.2. The first-order valence-electron chi connectivity index (χ1n) is 10.7. The zero-order chi connectivity index (χ0) is 24.7. The predicted octanol–water partition coefficient (Wildman–Crippen LogP) is 4.64. The number of aryl methyl sites for hydroxylation is 1. The SMILES string of the molecule is Cc1cc(/C=C2/SC(=O)N(CC(=O)Nc3cccc(F)c3)C2=O)c(C)n1-c1ccc2c(c1)OCO2. The second kappa shape index (κ2) is 8.95. The fraction of sp³-hybridized carbons (Fsp3) is 0.160. The number of carbonyl (C=O) groups excluding carboxylic acids is 3. The van der Waals surface area contributed by atoms with Crippen molar-refractivity contribution in [1.29, 1.82) is 0 Å². The summed E-state index contributed by atoms with van der Waals surface area (Å²) < 4.78 is 26.2. The van der Waals surface area contributed by atoms with Crippen LogP contribution < -0.4 is 14.8 Å². The van der Waals surface area contributed by atoms with Crippen molar-refractivity contribution in [2.75, 3.05) is 18.7 Å². The van der Waals surface area contributed by atoms with Crippen LogP contribution in [0.1, 0.15) is 17.0 Å². The fourth-order valence-electron chi connectivity index (χ4n) is 4.04. The molecule has 1 aromatic heterocycles. The molecule has 1 fully saturated rings. The van der Waals surface area contributed by atoms with Crippen LogP contribution in [0.15, 0.2) is 53.4 Å². The lowest BCUT2D eigenvalue weighted by molar-refractivity contribution is -0.127. The average Bonchev–Trinajstić information content (AvgIpc) is 3.46. The third-order valence-electron chi connectivity index (χ3n) is 5.65. The highest BCUT2D eigenvalue weighted by molar-refractivity contribution is 8.18. The van der Waals surface area contributed by atoms with E-state index < -0.39 is 29.4 Å². The first kappa shape index (κ1) is 22.7. The molecule has 10 heteroatoms. The lowest BCUT2D eigenvalue weighted by Gasteiger charge is -2.12. The zero-order valence-corrected chi connectivity index (χ0v) is 19.6. The minimum atomic E-state index is -0.597. The molecule has 0 atom stereocenters. The fourth-order valence-corrected chi connectivity index (χ4v) is 4.87. The van der Waals surface area contributed by atoms with Crippen molar-refractivity contribution in [1.82, 2.24) is 9.47 Å². The van der Waals surface area contributed by atoms with Crippen LogP contribution in [0, 0.1) is 19.7 Å². The molecule has 178 valence electrons. The number of aromatic nitrogens is 1. The molecule has 0 aliphatic carbocycles. The number of ether oxygens (including phenoxy) is 2. The maximum atomic E-state index is 13.3. The summed E-state index contributed by atoms with van der Waals surface area (Å²) in [7, 11) is 0. The van der Waals surface area contributed by atoms with Crippen molar-refractivity contribution in [3.8, 4) is 17.2 Å². The number of anilines is 1. The van der Waals surface area contributed by atoms with Crippen molar-refractivity contribution in [3.63, 3.8) is 0 Å². The van der Waals surface area contributed by atoms with E-state index in [0.717, 1.165) is 45.4 Å². The third-order valence-corrected chi connectivity index (χ3v) is 6.56. The highest BCUT2D eigenvalue weighted by Crippen LogP contribution is 2.36. The molecule has 0 saturated carbocycles. The average molecular weight is 494 g/mol. The normalized spacial score (nSPS) is 15.9. The number of fused-ring (bicyclic) bond motifs is 1. The van der Waals surface area contributed by atoms with E-state index in [1.165, 1.54) is 18.2 Å². The molecule has 0 unspecified atom stereocenters. The Morgan fingerprint density at radius 1 is 1.11 bits per heavy atom. The Labute approximate surface area is 204 Å². The van der Waals surface area contributed by atoms with Crippen LogP contribution >= 0.6 is 11.8 Å². The Bertz CT molecular complexity index is 1410. The lowest BCUT2D eigenvalue weighted by Crippen LogP contribution is -2.36. The van der Waals surface area contributed by atoms with Crippen molar-refractivity contribution in [3.05, 3.63) is 76.2 Å². The van der Waals surface area contributed by atoms with E-state index in [1.54, 1.807) is 6.08 Å². The van der Waals surface area contributed by atoms with Crippen LogP contribution in [-0.4, -0.2) is 39.9 Å². The van der Waals surface area contributed by atoms with Crippen LogP contribution in [0.25, 0.3) is 11.8 Å². The molecule has 3 aromatic rings. The van der Waals surface area contributed by atoms with Gasteiger partial charge >= 0.3 is 0 Å². The molecule has 3 amide bonds. The standard InChI is InChI=1S/C25H20FN3O5S/c1-14-8-16(15(2)29(14)19-6-7-20-21(11-19)34-13-33-20)9-22-24(31)28(25(32)35-22)12-23(30)27-18-5-3-4-17(26)10-18/h3-11H,12-13H2,1-2H3,(H,27,30)/b22-9+. The molecule has 1 saturated heterocycles. The van der Waals surface area contributed by atoms with Gasteiger partial charge in [-0.1, -0.05) is 6.07 Å². The minimum absolute atomic E-state index is 0.184. The molecule has 2 aliphatic rings. The number of imide groups is 1. The number of carbonyl (C=O) groups is 3. The molecule has 1 N–H and O–H groups in total. The quantitative estimate of drug-likeness (QED) is 0.521. The Kier molecular flexibility index (Phi) is 5.81. The van der Waals surface area contributed by atoms with E-state index >= 15 is 0 Å². The Morgan fingerprint density at radius 2 is 1.91 bits per heavy atom. The molecule has 8 nitrogen and oxygen atoms in total. The summed E-state index contributed by atoms with van der Waals surface area (Å²) in [5.74, 6) is -0.307. The monoisotopic (exact) mass is 493 g/mol. The van der Waals surface area contributed by atoms with E-state index in [4.69, 9.17) is 9.47 Å². The third kappa shape index (κ3) is 4.40. The molecule has 0 bridgehead atoms. The molecule has 2 aromatic carbocycles. The maximum Gasteiger partial charge on any atom is 0.294 e. The van der Waals surface area contributed by atoms with Crippen LogP contribution in [0.4, 0.5) is 14.9 Å². The lowest BCUT2D eigenvalue weighted by atomic mass is 10.2. The van der Waals surface area contributed by atoms with Gasteiger partial charge in [-0.2, -0.15) is 0 Å². The molecule has 0 radical (unpaired) electrons. The molecule has 0 spiro atoms. The number of hydrogen-bond donors (Lipinski definition) is 1. The van der Waals surface area contributed by atoms with Gasteiger partial charge in [0.25, 0.3) is 11.1 Å². The van der Waals surface area contributed by atoms with Gasteiger partial charge in [-0.15, -0.1) is 0 Å². The first-order chi connectivity index (χ1) is 16.8. The second-order valence-corrected chi connectivity index (χ2v) is 9.02. The van der Waals surface area contributed by atoms with E-state index in [0.29, 0.717) is 11.5 Å². The van der Waals surface area contributed by atoms with Gasteiger partial charge < -0.3 is 19.4 Å². The number of nitrogens with one attached hydrogen (secondary N) is 1. The van der Waals surface area contributed by atoms with Crippen LogP contribution in [0.5, 0.6) is 11.5 Å². The summed E-state index contributed by atoms with van der Waals surface area (Å²) in [6.07, 6.45) is 1.65. The Hall–Kier alpha value is -4.05. The highest BCUT2D eigenvalue weighted by Gasteiger charge is 2.36. The van der Waals surface area contributed by atoms with Crippen LogP contribution in [0.3, 0.4) is 0 Å². The number of benzene rings is 2. The Morgan fingerprint density at radius 3 is 2.71 bits per heavy atom. The van der Waals surface area contributed by atoms with Crippen molar-refractivity contribution >= 4 is 40.6 Å². The second-order valence-electron chi connectivity index (χ2n) is 8.03. The summed E-state index contributed by atoms with van der Waals surface area (Å²) in [4.78, 5) is 38.8. The van der Waals surface area contributed by atoms with Gasteiger partial charge in [-0.05, 0) is 73.6 Å². The van der Waals surface area contributed by atoms with Crippen LogP contribution in [-0.2, 0) is 9.59 Å². The number of nitrogens with zero attached hydrogens (tertiary/aromatic N) is 2. The summed E-state index contributed by atoms with van der Waals surface area (Å²) in [6.45, 7) is 3.58. The summed E-state index contributed by atoms with van der Waals surface area (Å²) >= 11 is 0.776. The largest absolute Gasteiger partial charge is 0.454 e. The number of rotatable bonds is 5. The van der Waals surface area contributed by atoms with E-state index in [-0.39, 0.29) is 17.4 Å². The molecule has 5 rings (SSSR count). The topological polar surface area (TPSA) is 89.9 Å². The summed E-state index contributed by atoms with van der Waals surface area (Å²) in [5.41, 5.74) is 3.70. The number of amides is 3. The zero-order valence-electron chi connectivity index (χ0n) is 18.8. The van der Waals surface area contributed by atoms with Crippen molar-refractivity contribution < 1.29 is 28.2 Å². The number of halogens is 1. The predicted molar refractivity (Wildman–Crippen MR) is 129 cm³/mol. The molecule has 2 aliphatic heterocycles. The maximum absolute atomic E-state index is 13.3. The van der Waals surface area contributed by atoms with Gasteiger partial charge in [-0.3, -0.25) is 19.3 Å². The number of hydrogen-bond acceptors (Lipinski definition) is 6. The van der Waals surface area contributed by atoms with Crippen molar-refractivity contribution in [2.45, 2.75) is 13.8 Å². The van der Waals surface area contributed by atoms with E-state index in [9.17, 15) is 18.8 Å². The molecular weight excluding hydrogens is 473 g/mol. The van der Waals surface area contributed by atoms with Crippen LogP contribution in [0.2, 0.25) is 0 Å². The molecule has 3 heterocycles. The van der Waals surface area contributed by atoms with Gasteiger partial charge in [0, 0.05) is 28.8 Å². The van der Waals surface area contributed by atoms with Gasteiger partial charge in [0.15, 0.2) is 11.5 Å². The molecule has 35 heavy (non-hydrogen) atoms. The van der Waals surface area contributed by atoms with Gasteiger partial charge in [-0.25, -0.2) is 4.39 Å². The van der Waals surface area contributed by atoms with Gasteiger partial charge in [0.2, 0.25) is 12.7 Å². The van der Waals surface area contributed by atoms with Gasteiger partial charge in [0.1, 0.15) is 12.4 Å². The minimum Gasteiger partial charge on any atom is -0.454 e. The Balaban J connectivity index is 1.35. The van der Waals surface area contributed by atoms with E-state index in [2.05, 4.69) is 5.32 Å². The first-order valence-corrected chi connectivity index (χ1v) is 11.5. The van der Waals surface area contributed by atoms with E-state index in [1.807, 2.05) is 42.7 Å².